The van der Waals surface area contributed by atoms with Crippen molar-refractivity contribution in [3.05, 3.63) is 23.9 Å². The summed E-state index contributed by atoms with van der Waals surface area (Å²) in [5, 5.41) is 7.38. The number of aryl methyl sites for hydroxylation is 1. The van der Waals surface area contributed by atoms with Gasteiger partial charge in [0.25, 0.3) is 0 Å². The van der Waals surface area contributed by atoms with Crippen LogP contribution in [0.1, 0.15) is 12.5 Å². The Morgan fingerprint density at radius 3 is 2.67 bits per heavy atom. The minimum absolute atomic E-state index is 0.106. The fourth-order valence-electron chi connectivity index (χ4n) is 1.54. The van der Waals surface area contributed by atoms with Crippen LogP contribution in [-0.4, -0.2) is 20.0 Å². The van der Waals surface area contributed by atoms with Crippen molar-refractivity contribution in [2.75, 3.05) is 5.73 Å². The van der Waals surface area contributed by atoms with E-state index < -0.39 is 11.7 Å². The first-order chi connectivity index (χ1) is 8.41. The van der Waals surface area contributed by atoms with Crippen LogP contribution < -0.4 is 5.73 Å². The Balaban J connectivity index is 2.56. The van der Waals surface area contributed by atoms with Crippen LogP contribution in [0.5, 0.6) is 0 Å². The van der Waals surface area contributed by atoms with Gasteiger partial charge in [-0.2, -0.15) is 13.2 Å². The largest absolute Gasteiger partial charge is 0.416 e. The number of pyridine rings is 1. The average Bonchev–Trinajstić information content (AvgIpc) is 2.74. The lowest BCUT2D eigenvalue weighted by Crippen LogP contribution is -2.08. The van der Waals surface area contributed by atoms with Gasteiger partial charge >= 0.3 is 6.18 Å². The molecule has 0 fully saturated rings. The standard InChI is InChI=1S/C10H10F3N5/c1-2-18-8(5-15-17-18)7-3-6(10(11,12)13)4-9(14)16-7/h3-5H,2H2,1H3,(H2,14,16). The quantitative estimate of drug-likeness (QED) is 0.892. The van der Waals surface area contributed by atoms with E-state index in [1.165, 1.54) is 10.9 Å². The first-order valence-electron chi connectivity index (χ1n) is 5.15. The third-order valence-corrected chi connectivity index (χ3v) is 2.35. The van der Waals surface area contributed by atoms with E-state index in [2.05, 4.69) is 15.3 Å². The third-order valence-electron chi connectivity index (χ3n) is 2.35. The molecule has 0 aliphatic carbocycles. The smallest absolute Gasteiger partial charge is 0.384 e. The molecule has 0 saturated heterocycles. The summed E-state index contributed by atoms with van der Waals surface area (Å²) in [5.74, 6) is -0.191. The van der Waals surface area contributed by atoms with E-state index in [1.807, 2.05) is 0 Å². The van der Waals surface area contributed by atoms with Gasteiger partial charge in [0, 0.05) is 6.54 Å². The van der Waals surface area contributed by atoms with E-state index in [4.69, 9.17) is 5.73 Å². The predicted molar refractivity (Wildman–Crippen MR) is 58.3 cm³/mol. The van der Waals surface area contributed by atoms with Crippen molar-refractivity contribution in [1.29, 1.82) is 0 Å². The second kappa shape index (κ2) is 4.28. The number of nitrogens with two attached hydrogens (primary N) is 1. The van der Waals surface area contributed by atoms with E-state index in [-0.39, 0.29) is 11.5 Å². The Morgan fingerprint density at radius 2 is 2.06 bits per heavy atom. The number of aromatic nitrogens is 4. The SMILES string of the molecule is CCn1nncc1-c1cc(C(F)(F)F)cc(N)n1. The molecule has 0 unspecified atom stereocenters. The van der Waals surface area contributed by atoms with Crippen LogP contribution in [-0.2, 0) is 12.7 Å². The zero-order chi connectivity index (χ0) is 13.3. The number of hydrogen-bond donors (Lipinski definition) is 1. The molecule has 0 aromatic carbocycles. The van der Waals surface area contributed by atoms with Crippen LogP contribution in [0.4, 0.5) is 19.0 Å². The van der Waals surface area contributed by atoms with Gasteiger partial charge < -0.3 is 5.73 Å². The monoisotopic (exact) mass is 257 g/mol. The van der Waals surface area contributed by atoms with E-state index in [0.29, 0.717) is 12.2 Å². The lowest BCUT2D eigenvalue weighted by Gasteiger charge is -2.10. The highest BCUT2D eigenvalue weighted by Crippen LogP contribution is 2.32. The summed E-state index contributed by atoms with van der Waals surface area (Å²) in [6.45, 7) is 2.28. The molecule has 2 rings (SSSR count). The van der Waals surface area contributed by atoms with Crippen molar-refractivity contribution in [2.24, 2.45) is 0 Å². The van der Waals surface area contributed by atoms with Gasteiger partial charge in [0.1, 0.15) is 11.5 Å². The van der Waals surface area contributed by atoms with E-state index >= 15 is 0 Å². The molecule has 2 N–H and O–H groups in total. The minimum atomic E-state index is -4.46. The summed E-state index contributed by atoms with van der Waals surface area (Å²) >= 11 is 0. The number of halogens is 3. The highest BCUT2D eigenvalue weighted by Gasteiger charge is 2.31. The van der Waals surface area contributed by atoms with Crippen LogP contribution in [0.25, 0.3) is 11.4 Å². The van der Waals surface area contributed by atoms with Crippen LogP contribution in [0.3, 0.4) is 0 Å². The number of hydrogen-bond acceptors (Lipinski definition) is 4. The lowest BCUT2D eigenvalue weighted by atomic mass is 10.2. The van der Waals surface area contributed by atoms with Crippen LogP contribution in [0.15, 0.2) is 18.3 Å². The van der Waals surface area contributed by atoms with Crippen molar-refractivity contribution in [3.63, 3.8) is 0 Å². The third kappa shape index (κ3) is 2.27. The summed E-state index contributed by atoms with van der Waals surface area (Å²) in [7, 11) is 0. The molecule has 0 radical (unpaired) electrons. The number of rotatable bonds is 2. The second-order valence-corrected chi connectivity index (χ2v) is 3.60. The zero-order valence-corrected chi connectivity index (χ0v) is 9.44. The molecule has 0 bridgehead atoms. The van der Waals surface area contributed by atoms with Gasteiger partial charge in [0.05, 0.1) is 17.5 Å². The van der Waals surface area contributed by atoms with Crippen molar-refractivity contribution in [3.8, 4) is 11.4 Å². The fraction of sp³-hybridized carbons (Fsp3) is 0.300. The first kappa shape index (κ1) is 12.3. The number of nitrogens with zero attached hydrogens (tertiary/aromatic N) is 4. The van der Waals surface area contributed by atoms with Gasteiger partial charge in [-0.1, -0.05) is 5.21 Å². The molecule has 5 nitrogen and oxygen atoms in total. The van der Waals surface area contributed by atoms with Crippen LogP contribution >= 0.6 is 0 Å². The molecule has 0 saturated carbocycles. The van der Waals surface area contributed by atoms with Gasteiger partial charge in [-0.3, -0.25) is 0 Å². The summed E-state index contributed by atoms with van der Waals surface area (Å²) in [5.41, 5.74) is 5.06. The molecule has 0 atom stereocenters. The Bertz CT molecular complexity index is 561. The lowest BCUT2D eigenvalue weighted by molar-refractivity contribution is -0.137. The molecule has 96 valence electrons. The molecule has 0 aliphatic rings. The summed E-state index contributed by atoms with van der Waals surface area (Å²) in [6, 6.07) is 1.73. The molecule has 0 aliphatic heterocycles. The maximum absolute atomic E-state index is 12.7. The highest BCUT2D eigenvalue weighted by atomic mass is 19.4. The summed E-state index contributed by atoms with van der Waals surface area (Å²) in [6.07, 6.45) is -3.11. The average molecular weight is 257 g/mol. The molecular formula is C10H10F3N5. The number of nitrogen functional groups attached to an aromatic ring is 1. The van der Waals surface area contributed by atoms with Gasteiger partial charge in [0.2, 0.25) is 0 Å². The second-order valence-electron chi connectivity index (χ2n) is 3.60. The highest BCUT2D eigenvalue weighted by molar-refractivity contribution is 5.57. The summed E-state index contributed by atoms with van der Waals surface area (Å²) in [4.78, 5) is 3.88. The van der Waals surface area contributed by atoms with Gasteiger partial charge in [-0.25, -0.2) is 9.67 Å². The first-order valence-corrected chi connectivity index (χ1v) is 5.15. The molecular weight excluding hydrogens is 247 g/mol. The minimum Gasteiger partial charge on any atom is -0.384 e. The van der Waals surface area contributed by atoms with Crippen molar-refractivity contribution < 1.29 is 13.2 Å². The van der Waals surface area contributed by atoms with Crippen molar-refractivity contribution >= 4 is 5.82 Å². The summed E-state index contributed by atoms with van der Waals surface area (Å²) < 4.78 is 39.4. The molecule has 8 heteroatoms. The Labute approximate surface area is 100 Å². The predicted octanol–water partition coefficient (Wildman–Crippen LogP) is 1.96. The van der Waals surface area contributed by atoms with Gasteiger partial charge in [0.15, 0.2) is 0 Å². The van der Waals surface area contributed by atoms with Crippen LogP contribution in [0, 0.1) is 0 Å². The van der Waals surface area contributed by atoms with E-state index in [0.717, 1.165) is 12.1 Å². The van der Waals surface area contributed by atoms with Crippen LogP contribution in [0.2, 0.25) is 0 Å². The molecule has 0 amide bonds. The molecule has 18 heavy (non-hydrogen) atoms. The maximum Gasteiger partial charge on any atom is 0.416 e. The molecule has 0 spiro atoms. The Hall–Kier alpha value is -2.12. The van der Waals surface area contributed by atoms with Gasteiger partial charge in [-0.05, 0) is 19.1 Å². The van der Waals surface area contributed by atoms with E-state index in [9.17, 15) is 13.2 Å². The fourth-order valence-corrected chi connectivity index (χ4v) is 1.54. The maximum atomic E-state index is 12.7. The normalized spacial score (nSPS) is 11.8. The Kier molecular flexibility index (Phi) is 2.93. The van der Waals surface area contributed by atoms with E-state index in [1.54, 1.807) is 6.92 Å². The van der Waals surface area contributed by atoms with Crippen molar-refractivity contribution in [1.82, 2.24) is 20.0 Å². The molecule has 2 heterocycles. The molecule has 2 aromatic heterocycles. The van der Waals surface area contributed by atoms with Gasteiger partial charge in [-0.15, -0.1) is 5.10 Å². The van der Waals surface area contributed by atoms with Crippen molar-refractivity contribution in [2.45, 2.75) is 19.6 Å². The molecule has 2 aromatic rings. The number of anilines is 1. The number of alkyl halides is 3. The Morgan fingerprint density at radius 1 is 1.33 bits per heavy atom. The zero-order valence-electron chi connectivity index (χ0n) is 9.44. The topological polar surface area (TPSA) is 69.6 Å².